The van der Waals surface area contributed by atoms with Gasteiger partial charge in [-0.15, -0.1) is 0 Å². The summed E-state index contributed by atoms with van der Waals surface area (Å²) >= 11 is 1.92. The Morgan fingerprint density at radius 3 is 2.58 bits per heavy atom. The Bertz CT molecular complexity index is 159. The largest absolute Gasteiger partial charge is 0.480 e. The summed E-state index contributed by atoms with van der Waals surface area (Å²) in [7, 11) is 0. The van der Waals surface area contributed by atoms with Gasteiger partial charge in [-0.2, -0.15) is 0 Å². The van der Waals surface area contributed by atoms with Crippen molar-refractivity contribution in [3.8, 4) is 0 Å². The SMILES string of the molecule is O=C(O)C(NI)C1CCNCC1. The van der Waals surface area contributed by atoms with Crippen LogP contribution in [0.1, 0.15) is 12.8 Å². The number of hydrogen-bond donors (Lipinski definition) is 3. The topological polar surface area (TPSA) is 61.4 Å². The van der Waals surface area contributed by atoms with E-state index in [9.17, 15) is 4.79 Å². The van der Waals surface area contributed by atoms with Crippen molar-refractivity contribution < 1.29 is 9.90 Å². The van der Waals surface area contributed by atoms with E-state index in [1.807, 2.05) is 22.9 Å². The number of aliphatic carboxylic acids is 1. The minimum Gasteiger partial charge on any atom is -0.480 e. The van der Waals surface area contributed by atoms with Crippen molar-refractivity contribution in [2.45, 2.75) is 18.9 Å². The van der Waals surface area contributed by atoms with Gasteiger partial charge in [0.1, 0.15) is 6.04 Å². The highest BCUT2D eigenvalue weighted by Crippen LogP contribution is 2.17. The monoisotopic (exact) mass is 284 g/mol. The number of rotatable bonds is 3. The first-order valence-electron chi connectivity index (χ1n) is 4.05. The number of nitrogens with one attached hydrogen (secondary N) is 2. The number of hydrogen-bond acceptors (Lipinski definition) is 3. The van der Waals surface area contributed by atoms with Crippen LogP contribution in [0.3, 0.4) is 0 Å². The summed E-state index contributed by atoms with van der Waals surface area (Å²) in [5.74, 6) is -0.461. The predicted octanol–water partition coefficient (Wildman–Crippen LogP) is 0.379. The van der Waals surface area contributed by atoms with Crippen LogP contribution in [0.5, 0.6) is 0 Å². The van der Waals surface area contributed by atoms with Crippen molar-refractivity contribution in [3.05, 3.63) is 0 Å². The lowest BCUT2D eigenvalue weighted by Crippen LogP contribution is -2.43. The van der Waals surface area contributed by atoms with Gasteiger partial charge in [0.15, 0.2) is 0 Å². The molecular weight excluding hydrogens is 271 g/mol. The van der Waals surface area contributed by atoms with E-state index in [1.54, 1.807) is 0 Å². The first kappa shape index (κ1) is 10.2. The maximum atomic E-state index is 10.7. The van der Waals surface area contributed by atoms with Gasteiger partial charge in [-0.1, -0.05) is 0 Å². The van der Waals surface area contributed by atoms with Gasteiger partial charge >= 0.3 is 5.97 Å². The molecule has 0 bridgehead atoms. The Balaban J connectivity index is 2.46. The summed E-state index contributed by atoms with van der Waals surface area (Å²) in [6, 6.07) is -0.382. The van der Waals surface area contributed by atoms with Crippen LogP contribution >= 0.6 is 22.9 Å². The van der Waals surface area contributed by atoms with Gasteiger partial charge in [-0.3, -0.25) is 4.79 Å². The molecule has 0 aromatic rings. The molecule has 0 spiro atoms. The molecule has 0 aromatic heterocycles. The molecule has 0 aromatic carbocycles. The summed E-state index contributed by atoms with van der Waals surface area (Å²) in [6.45, 7) is 1.87. The average Bonchev–Trinajstić information content (AvgIpc) is 2.07. The number of halogens is 1. The summed E-state index contributed by atoms with van der Waals surface area (Å²) in [5, 5.41) is 12.0. The maximum Gasteiger partial charge on any atom is 0.321 e. The third-order valence-electron chi connectivity index (χ3n) is 2.24. The van der Waals surface area contributed by atoms with Gasteiger partial charge < -0.3 is 10.4 Å². The lowest BCUT2D eigenvalue weighted by molar-refractivity contribution is -0.140. The highest BCUT2D eigenvalue weighted by Gasteiger charge is 2.27. The van der Waals surface area contributed by atoms with E-state index in [0.29, 0.717) is 0 Å². The van der Waals surface area contributed by atoms with Crippen LogP contribution in [-0.4, -0.2) is 30.2 Å². The molecule has 4 nitrogen and oxygen atoms in total. The molecule has 0 amide bonds. The number of piperidine rings is 1. The Hall–Kier alpha value is 0.120. The van der Waals surface area contributed by atoms with Gasteiger partial charge in [0.2, 0.25) is 0 Å². The van der Waals surface area contributed by atoms with Crippen LogP contribution < -0.4 is 8.85 Å². The molecule has 0 radical (unpaired) electrons. The first-order chi connectivity index (χ1) is 5.75. The molecule has 1 aliphatic heterocycles. The Morgan fingerprint density at radius 2 is 2.17 bits per heavy atom. The smallest absolute Gasteiger partial charge is 0.321 e. The highest BCUT2D eigenvalue weighted by atomic mass is 127. The third-order valence-corrected chi connectivity index (χ3v) is 2.91. The van der Waals surface area contributed by atoms with Gasteiger partial charge in [0.25, 0.3) is 0 Å². The summed E-state index contributed by atoms with van der Waals surface area (Å²) in [6.07, 6.45) is 1.90. The second-order valence-corrected chi connectivity index (χ2v) is 3.64. The van der Waals surface area contributed by atoms with Crippen molar-refractivity contribution in [2.24, 2.45) is 5.92 Å². The predicted molar refractivity (Wildman–Crippen MR) is 54.2 cm³/mol. The molecule has 1 fully saturated rings. The zero-order valence-electron chi connectivity index (χ0n) is 6.72. The van der Waals surface area contributed by atoms with Gasteiger partial charge in [-0.25, -0.2) is 3.53 Å². The molecule has 3 N–H and O–H groups in total. The molecule has 1 atom stereocenters. The molecule has 12 heavy (non-hydrogen) atoms. The van der Waals surface area contributed by atoms with E-state index in [0.717, 1.165) is 25.9 Å². The van der Waals surface area contributed by atoms with E-state index < -0.39 is 5.97 Å². The molecule has 1 heterocycles. The lowest BCUT2D eigenvalue weighted by Gasteiger charge is -2.26. The molecule has 1 aliphatic rings. The molecule has 0 saturated carbocycles. The van der Waals surface area contributed by atoms with Crippen LogP contribution in [-0.2, 0) is 4.79 Å². The fraction of sp³-hybridized carbons (Fsp3) is 0.857. The normalized spacial score (nSPS) is 22.1. The van der Waals surface area contributed by atoms with Crippen molar-refractivity contribution in [2.75, 3.05) is 13.1 Å². The van der Waals surface area contributed by atoms with Crippen molar-refractivity contribution in [1.29, 1.82) is 0 Å². The minimum absolute atomic E-state index is 0.278. The van der Waals surface area contributed by atoms with E-state index in [2.05, 4.69) is 8.85 Å². The van der Waals surface area contributed by atoms with Crippen LogP contribution in [0.15, 0.2) is 0 Å². The van der Waals surface area contributed by atoms with Crippen molar-refractivity contribution in [1.82, 2.24) is 8.85 Å². The van der Waals surface area contributed by atoms with Gasteiger partial charge in [-0.05, 0) is 31.8 Å². The van der Waals surface area contributed by atoms with Crippen LogP contribution in [0.4, 0.5) is 0 Å². The molecule has 5 heteroatoms. The quantitative estimate of drug-likeness (QED) is 0.518. The minimum atomic E-state index is -0.740. The van der Waals surface area contributed by atoms with Crippen molar-refractivity contribution in [3.63, 3.8) is 0 Å². The molecule has 70 valence electrons. The molecule has 1 saturated heterocycles. The number of carboxylic acid groups (broad SMARTS) is 1. The number of carbonyl (C=O) groups is 1. The van der Waals surface area contributed by atoms with Crippen LogP contribution in [0.25, 0.3) is 0 Å². The Labute approximate surface area is 85.6 Å². The van der Waals surface area contributed by atoms with Crippen LogP contribution in [0, 0.1) is 5.92 Å². The molecule has 0 aliphatic carbocycles. The third kappa shape index (κ3) is 2.56. The summed E-state index contributed by atoms with van der Waals surface area (Å²) in [5.41, 5.74) is 0. The first-order valence-corrected chi connectivity index (χ1v) is 5.13. The highest BCUT2D eigenvalue weighted by molar-refractivity contribution is 14.1. The zero-order valence-corrected chi connectivity index (χ0v) is 8.87. The summed E-state index contributed by atoms with van der Waals surface area (Å²) in [4.78, 5) is 10.7. The van der Waals surface area contributed by atoms with E-state index >= 15 is 0 Å². The van der Waals surface area contributed by atoms with E-state index in [1.165, 1.54) is 0 Å². The molecular formula is C7H13IN2O2. The lowest BCUT2D eigenvalue weighted by atomic mass is 9.91. The van der Waals surface area contributed by atoms with Gasteiger partial charge in [0.05, 0.1) is 0 Å². The van der Waals surface area contributed by atoms with Crippen molar-refractivity contribution >= 4 is 28.8 Å². The Morgan fingerprint density at radius 1 is 1.58 bits per heavy atom. The standard InChI is InChI=1S/C7H13IN2O2/c8-10-6(7(11)12)5-1-3-9-4-2-5/h5-6,9-10H,1-4H2,(H,11,12). The molecule has 1 unspecified atom stereocenters. The maximum absolute atomic E-state index is 10.7. The van der Waals surface area contributed by atoms with E-state index in [4.69, 9.17) is 5.11 Å². The number of carboxylic acids is 1. The molecule has 1 rings (SSSR count). The summed E-state index contributed by atoms with van der Waals surface area (Å²) < 4.78 is 2.81. The Kier molecular flexibility index (Phi) is 4.24. The second kappa shape index (κ2) is 4.98. The fourth-order valence-corrected chi connectivity index (χ4v) is 2.29. The zero-order chi connectivity index (χ0) is 8.97. The average molecular weight is 284 g/mol. The fourth-order valence-electron chi connectivity index (χ4n) is 1.51. The second-order valence-electron chi connectivity index (χ2n) is 3.01. The van der Waals surface area contributed by atoms with Crippen LogP contribution in [0.2, 0.25) is 0 Å². The van der Waals surface area contributed by atoms with E-state index in [-0.39, 0.29) is 12.0 Å². The van der Waals surface area contributed by atoms with Gasteiger partial charge in [0, 0.05) is 22.9 Å².